The molecule has 0 bridgehead atoms. The van der Waals surface area contributed by atoms with Gasteiger partial charge in [-0.25, -0.2) is 0 Å². The first-order valence-electron chi connectivity index (χ1n) is 6.04. The van der Waals surface area contributed by atoms with Crippen LogP contribution in [-0.2, 0) is 4.74 Å². The zero-order valence-corrected chi connectivity index (χ0v) is 11.1. The average Bonchev–Trinajstić information content (AvgIpc) is 2.37. The molecular weight excluding hydrogens is 232 g/mol. The predicted molar refractivity (Wildman–Crippen MR) is 71.6 cm³/mol. The van der Waals surface area contributed by atoms with Gasteiger partial charge in [-0.2, -0.15) is 0 Å². The van der Waals surface area contributed by atoms with Crippen LogP contribution in [0.1, 0.15) is 6.92 Å². The standard InChI is InChI=1S/C13H20N2O3/c1-9(8-16-3)15(2)11-7-13-12(6-10(11)14)17-4-5-18-13/h6-7,9H,4-5,8,14H2,1-3H3. The van der Waals surface area contributed by atoms with Crippen molar-refractivity contribution in [3.63, 3.8) is 0 Å². The van der Waals surface area contributed by atoms with Crippen molar-refractivity contribution in [1.29, 1.82) is 0 Å². The number of fused-ring (bicyclic) bond motifs is 1. The SMILES string of the molecule is COCC(C)N(C)c1cc2c(cc1N)OCCO2. The monoisotopic (exact) mass is 252 g/mol. The first-order chi connectivity index (χ1) is 8.63. The van der Waals surface area contributed by atoms with E-state index >= 15 is 0 Å². The minimum atomic E-state index is 0.236. The van der Waals surface area contributed by atoms with Crippen LogP contribution in [0.4, 0.5) is 11.4 Å². The summed E-state index contributed by atoms with van der Waals surface area (Å²) in [6.45, 7) is 3.87. The quantitative estimate of drug-likeness (QED) is 0.823. The number of rotatable bonds is 4. The molecule has 0 spiro atoms. The van der Waals surface area contributed by atoms with Crippen molar-refractivity contribution in [1.82, 2.24) is 0 Å². The Morgan fingerprint density at radius 1 is 1.33 bits per heavy atom. The highest BCUT2D eigenvalue weighted by atomic mass is 16.6. The molecule has 1 aliphatic heterocycles. The summed E-state index contributed by atoms with van der Waals surface area (Å²) in [6, 6.07) is 3.98. The molecule has 0 saturated heterocycles. The summed E-state index contributed by atoms with van der Waals surface area (Å²) in [5.41, 5.74) is 7.68. The van der Waals surface area contributed by atoms with Crippen molar-refractivity contribution in [3.05, 3.63) is 12.1 Å². The number of methoxy groups -OCH3 is 1. The molecule has 5 nitrogen and oxygen atoms in total. The number of ether oxygens (including phenoxy) is 3. The second kappa shape index (κ2) is 5.35. The number of anilines is 2. The molecule has 1 aromatic rings. The number of nitrogens with zero attached hydrogens (tertiary/aromatic N) is 1. The highest BCUT2D eigenvalue weighted by Gasteiger charge is 2.18. The zero-order valence-electron chi connectivity index (χ0n) is 11.1. The number of likely N-dealkylation sites (N-methyl/N-ethyl adjacent to an activating group) is 1. The molecule has 1 heterocycles. The topological polar surface area (TPSA) is 57.0 Å². The van der Waals surface area contributed by atoms with Gasteiger partial charge < -0.3 is 24.8 Å². The van der Waals surface area contributed by atoms with Crippen LogP contribution in [0.3, 0.4) is 0 Å². The summed E-state index contributed by atoms with van der Waals surface area (Å²) in [7, 11) is 3.68. The third-order valence-electron chi connectivity index (χ3n) is 3.14. The molecule has 2 rings (SSSR count). The number of nitrogens with two attached hydrogens (primary N) is 1. The number of nitrogen functional groups attached to an aromatic ring is 1. The van der Waals surface area contributed by atoms with Crippen LogP contribution < -0.4 is 20.1 Å². The molecule has 1 unspecified atom stereocenters. The van der Waals surface area contributed by atoms with E-state index < -0.39 is 0 Å². The van der Waals surface area contributed by atoms with Crippen molar-refractivity contribution >= 4 is 11.4 Å². The highest BCUT2D eigenvalue weighted by Crippen LogP contribution is 2.38. The maximum Gasteiger partial charge on any atom is 0.163 e. The molecule has 1 atom stereocenters. The van der Waals surface area contributed by atoms with Gasteiger partial charge in [-0.1, -0.05) is 0 Å². The second-order valence-electron chi connectivity index (χ2n) is 4.47. The van der Waals surface area contributed by atoms with E-state index in [-0.39, 0.29) is 6.04 Å². The molecule has 1 aromatic carbocycles. The van der Waals surface area contributed by atoms with E-state index in [4.69, 9.17) is 19.9 Å². The fraction of sp³-hybridized carbons (Fsp3) is 0.538. The average molecular weight is 252 g/mol. The lowest BCUT2D eigenvalue weighted by Crippen LogP contribution is -2.33. The van der Waals surface area contributed by atoms with Crippen molar-refractivity contribution in [2.75, 3.05) is 44.6 Å². The van der Waals surface area contributed by atoms with Crippen molar-refractivity contribution in [3.8, 4) is 11.5 Å². The summed E-state index contributed by atoms with van der Waals surface area (Å²) < 4.78 is 16.2. The van der Waals surface area contributed by atoms with Gasteiger partial charge in [0.2, 0.25) is 0 Å². The third-order valence-corrected chi connectivity index (χ3v) is 3.14. The molecule has 0 aromatic heterocycles. The van der Waals surface area contributed by atoms with Gasteiger partial charge in [-0.05, 0) is 6.92 Å². The van der Waals surface area contributed by atoms with Gasteiger partial charge >= 0.3 is 0 Å². The maximum atomic E-state index is 6.06. The van der Waals surface area contributed by atoms with Gasteiger partial charge in [0.15, 0.2) is 11.5 Å². The van der Waals surface area contributed by atoms with Crippen molar-refractivity contribution in [2.24, 2.45) is 0 Å². The van der Waals surface area contributed by atoms with E-state index in [0.717, 1.165) is 17.2 Å². The first-order valence-corrected chi connectivity index (χ1v) is 6.04. The van der Waals surface area contributed by atoms with Crippen LogP contribution in [0.2, 0.25) is 0 Å². The molecule has 100 valence electrons. The largest absolute Gasteiger partial charge is 0.486 e. The normalized spacial score (nSPS) is 15.3. The fourth-order valence-electron chi connectivity index (χ4n) is 1.99. The molecule has 0 saturated carbocycles. The summed E-state index contributed by atoms with van der Waals surface area (Å²) in [6.07, 6.45) is 0. The van der Waals surface area contributed by atoms with Crippen LogP contribution in [-0.4, -0.2) is 40.0 Å². The summed E-state index contributed by atoms with van der Waals surface area (Å²) in [5.74, 6) is 1.47. The molecule has 2 N–H and O–H groups in total. The van der Waals surface area contributed by atoms with Crippen LogP contribution in [0.25, 0.3) is 0 Å². The summed E-state index contributed by atoms with van der Waals surface area (Å²) in [5, 5.41) is 0. The van der Waals surface area contributed by atoms with E-state index in [2.05, 4.69) is 11.8 Å². The number of hydrogen-bond acceptors (Lipinski definition) is 5. The van der Waals surface area contributed by atoms with Crippen molar-refractivity contribution < 1.29 is 14.2 Å². The highest BCUT2D eigenvalue weighted by molar-refractivity contribution is 5.73. The van der Waals surface area contributed by atoms with E-state index in [1.165, 1.54) is 0 Å². The lowest BCUT2D eigenvalue weighted by molar-refractivity contribution is 0.171. The molecule has 18 heavy (non-hydrogen) atoms. The van der Waals surface area contributed by atoms with Gasteiger partial charge in [0, 0.05) is 32.3 Å². The molecule has 1 aliphatic rings. The van der Waals surface area contributed by atoms with Crippen LogP contribution >= 0.6 is 0 Å². The minimum Gasteiger partial charge on any atom is -0.486 e. The smallest absolute Gasteiger partial charge is 0.163 e. The van der Waals surface area contributed by atoms with E-state index in [1.807, 2.05) is 19.2 Å². The second-order valence-corrected chi connectivity index (χ2v) is 4.47. The van der Waals surface area contributed by atoms with Crippen LogP contribution in [0, 0.1) is 0 Å². The number of hydrogen-bond donors (Lipinski definition) is 1. The molecule has 0 fully saturated rings. The van der Waals surface area contributed by atoms with E-state index in [9.17, 15) is 0 Å². The minimum absolute atomic E-state index is 0.236. The predicted octanol–water partition coefficient (Wildman–Crippen LogP) is 1.51. The van der Waals surface area contributed by atoms with Gasteiger partial charge in [-0.3, -0.25) is 0 Å². The van der Waals surface area contributed by atoms with Gasteiger partial charge in [-0.15, -0.1) is 0 Å². The Labute approximate surface area is 107 Å². The van der Waals surface area contributed by atoms with E-state index in [1.54, 1.807) is 7.11 Å². The molecular formula is C13H20N2O3. The Balaban J connectivity index is 2.27. The maximum absolute atomic E-state index is 6.06. The lowest BCUT2D eigenvalue weighted by atomic mass is 10.2. The first kappa shape index (κ1) is 12.8. The van der Waals surface area contributed by atoms with E-state index in [0.29, 0.717) is 25.5 Å². The van der Waals surface area contributed by atoms with Crippen molar-refractivity contribution in [2.45, 2.75) is 13.0 Å². The fourth-order valence-corrected chi connectivity index (χ4v) is 1.99. The lowest BCUT2D eigenvalue weighted by Gasteiger charge is -2.29. The van der Waals surface area contributed by atoms with Gasteiger partial charge in [0.05, 0.1) is 18.0 Å². The number of benzene rings is 1. The van der Waals surface area contributed by atoms with Crippen LogP contribution in [0.5, 0.6) is 11.5 Å². The summed E-state index contributed by atoms with van der Waals surface area (Å²) >= 11 is 0. The van der Waals surface area contributed by atoms with Gasteiger partial charge in [0.25, 0.3) is 0 Å². The Kier molecular flexibility index (Phi) is 3.81. The molecule has 0 aliphatic carbocycles. The molecule has 0 radical (unpaired) electrons. The van der Waals surface area contributed by atoms with Gasteiger partial charge in [0.1, 0.15) is 13.2 Å². The molecule has 5 heteroatoms. The summed E-state index contributed by atoms with van der Waals surface area (Å²) in [4.78, 5) is 2.08. The Bertz CT molecular complexity index is 423. The molecule has 0 amide bonds. The Morgan fingerprint density at radius 3 is 2.56 bits per heavy atom. The Morgan fingerprint density at radius 2 is 1.94 bits per heavy atom. The third kappa shape index (κ3) is 2.46. The Hall–Kier alpha value is -1.62. The van der Waals surface area contributed by atoms with Crippen LogP contribution in [0.15, 0.2) is 12.1 Å². The zero-order chi connectivity index (χ0) is 13.1.